The van der Waals surface area contributed by atoms with E-state index in [2.05, 4.69) is 41.5 Å². The molecule has 0 bridgehead atoms. The van der Waals surface area contributed by atoms with Crippen LogP contribution >= 0.6 is 11.8 Å². The maximum Gasteiger partial charge on any atom is 0.235 e. The topological polar surface area (TPSA) is 42.0 Å². The molecule has 0 radical (unpaired) electrons. The van der Waals surface area contributed by atoms with Gasteiger partial charge in [-0.15, -0.1) is 11.8 Å². The van der Waals surface area contributed by atoms with Crippen LogP contribution in [0.1, 0.15) is 16.8 Å². The number of nitrogens with one attached hydrogen (secondary N) is 1. The number of carbonyl (C=O) groups excluding carboxylic acids is 1. The summed E-state index contributed by atoms with van der Waals surface area (Å²) in [6, 6.07) is 14.0. The average molecular weight is 286 g/mol. The standard InChI is InChI=1S/C16H18N2OS/c1-12-6-8-14(9-7-12)10-20-11-16(19)18-15-5-3-4-13(2)17-15/h3-9H,10-11H2,1-2H3,(H,17,18,19). The highest BCUT2D eigenvalue weighted by Crippen LogP contribution is 2.13. The molecule has 20 heavy (non-hydrogen) atoms. The third-order valence-corrected chi connectivity index (χ3v) is 3.78. The Morgan fingerprint density at radius 2 is 1.90 bits per heavy atom. The van der Waals surface area contributed by atoms with Crippen LogP contribution in [-0.4, -0.2) is 16.6 Å². The minimum atomic E-state index is -0.0137. The van der Waals surface area contributed by atoms with Gasteiger partial charge in [0.25, 0.3) is 0 Å². The summed E-state index contributed by atoms with van der Waals surface area (Å²) in [4.78, 5) is 16.0. The van der Waals surface area contributed by atoms with Crippen LogP contribution in [-0.2, 0) is 10.5 Å². The van der Waals surface area contributed by atoms with E-state index in [1.807, 2.05) is 19.1 Å². The first kappa shape index (κ1) is 14.6. The lowest BCUT2D eigenvalue weighted by Gasteiger charge is -2.05. The van der Waals surface area contributed by atoms with Crippen molar-refractivity contribution in [2.45, 2.75) is 19.6 Å². The largest absolute Gasteiger partial charge is 0.310 e. The van der Waals surface area contributed by atoms with Crippen LogP contribution in [0, 0.1) is 13.8 Å². The molecule has 3 nitrogen and oxygen atoms in total. The van der Waals surface area contributed by atoms with Crippen LogP contribution in [0.15, 0.2) is 42.5 Å². The number of nitrogens with zero attached hydrogens (tertiary/aromatic N) is 1. The van der Waals surface area contributed by atoms with Gasteiger partial charge in [0.1, 0.15) is 5.82 Å². The Hall–Kier alpha value is -1.81. The van der Waals surface area contributed by atoms with Gasteiger partial charge in [-0.05, 0) is 31.5 Å². The van der Waals surface area contributed by atoms with Crippen molar-refractivity contribution in [2.75, 3.05) is 11.1 Å². The van der Waals surface area contributed by atoms with Gasteiger partial charge in [0.15, 0.2) is 0 Å². The second-order valence-electron chi connectivity index (χ2n) is 4.69. The lowest BCUT2D eigenvalue weighted by molar-refractivity contribution is -0.113. The molecule has 0 aliphatic rings. The summed E-state index contributed by atoms with van der Waals surface area (Å²) in [6.45, 7) is 3.97. The number of hydrogen-bond donors (Lipinski definition) is 1. The smallest absolute Gasteiger partial charge is 0.235 e. The van der Waals surface area contributed by atoms with Crippen molar-refractivity contribution in [1.29, 1.82) is 0 Å². The number of aryl methyl sites for hydroxylation is 2. The van der Waals surface area contributed by atoms with E-state index in [9.17, 15) is 4.79 Å². The van der Waals surface area contributed by atoms with E-state index < -0.39 is 0 Å². The molecule has 1 N–H and O–H groups in total. The molecular weight excluding hydrogens is 268 g/mol. The Balaban J connectivity index is 1.76. The fourth-order valence-electron chi connectivity index (χ4n) is 1.74. The number of aromatic nitrogens is 1. The molecule has 0 saturated heterocycles. The van der Waals surface area contributed by atoms with E-state index in [1.165, 1.54) is 11.1 Å². The first-order valence-corrected chi connectivity index (χ1v) is 7.66. The highest BCUT2D eigenvalue weighted by Gasteiger charge is 2.04. The maximum absolute atomic E-state index is 11.8. The Bertz CT molecular complexity index is 581. The van der Waals surface area contributed by atoms with Crippen molar-refractivity contribution in [3.63, 3.8) is 0 Å². The van der Waals surface area contributed by atoms with Crippen LogP contribution < -0.4 is 5.32 Å². The van der Waals surface area contributed by atoms with Crippen molar-refractivity contribution >= 4 is 23.5 Å². The highest BCUT2D eigenvalue weighted by molar-refractivity contribution is 7.99. The van der Waals surface area contributed by atoms with Gasteiger partial charge in [0.05, 0.1) is 5.75 Å². The fourth-order valence-corrected chi connectivity index (χ4v) is 2.53. The summed E-state index contributed by atoms with van der Waals surface area (Å²) in [7, 11) is 0. The van der Waals surface area contributed by atoms with Crippen molar-refractivity contribution in [3.8, 4) is 0 Å². The zero-order chi connectivity index (χ0) is 14.4. The van der Waals surface area contributed by atoms with Gasteiger partial charge in [0, 0.05) is 11.4 Å². The monoisotopic (exact) mass is 286 g/mol. The number of hydrogen-bond acceptors (Lipinski definition) is 3. The summed E-state index contributed by atoms with van der Waals surface area (Å²) in [5, 5.41) is 2.81. The van der Waals surface area contributed by atoms with Gasteiger partial charge in [-0.2, -0.15) is 0 Å². The van der Waals surface area contributed by atoms with Crippen molar-refractivity contribution in [3.05, 3.63) is 59.3 Å². The molecule has 1 heterocycles. The highest BCUT2D eigenvalue weighted by atomic mass is 32.2. The molecule has 1 amide bonds. The van der Waals surface area contributed by atoms with Crippen LogP contribution in [0.2, 0.25) is 0 Å². The maximum atomic E-state index is 11.8. The zero-order valence-corrected chi connectivity index (χ0v) is 12.5. The third kappa shape index (κ3) is 4.70. The van der Waals surface area contributed by atoms with Gasteiger partial charge in [-0.1, -0.05) is 35.9 Å². The van der Waals surface area contributed by atoms with Crippen molar-refractivity contribution < 1.29 is 4.79 Å². The number of carbonyl (C=O) groups is 1. The summed E-state index contributed by atoms with van der Waals surface area (Å²) < 4.78 is 0. The molecule has 0 unspecified atom stereocenters. The molecular formula is C16H18N2OS. The van der Waals surface area contributed by atoms with E-state index in [0.717, 1.165) is 11.4 Å². The molecule has 2 rings (SSSR count). The molecule has 1 aromatic heterocycles. The van der Waals surface area contributed by atoms with E-state index in [0.29, 0.717) is 11.6 Å². The van der Waals surface area contributed by atoms with E-state index >= 15 is 0 Å². The van der Waals surface area contributed by atoms with Gasteiger partial charge >= 0.3 is 0 Å². The number of benzene rings is 1. The molecule has 0 aliphatic heterocycles. The Kier molecular flexibility index (Phi) is 5.18. The number of anilines is 1. The molecule has 0 fully saturated rings. The number of thioether (sulfide) groups is 1. The summed E-state index contributed by atoms with van der Waals surface area (Å²) in [5.41, 5.74) is 3.39. The van der Waals surface area contributed by atoms with Crippen molar-refractivity contribution in [2.24, 2.45) is 0 Å². The molecule has 104 valence electrons. The van der Waals surface area contributed by atoms with Gasteiger partial charge in [-0.25, -0.2) is 4.98 Å². The number of amides is 1. The Morgan fingerprint density at radius 1 is 1.15 bits per heavy atom. The van der Waals surface area contributed by atoms with Gasteiger partial charge < -0.3 is 5.32 Å². The molecule has 0 atom stereocenters. The lowest BCUT2D eigenvalue weighted by atomic mass is 10.2. The van der Waals surface area contributed by atoms with Crippen LogP contribution in [0.5, 0.6) is 0 Å². The quantitative estimate of drug-likeness (QED) is 0.913. The van der Waals surface area contributed by atoms with Crippen LogP contribution in [0.3, 0.4) is 0 Å². The molecule has 0 aliphatic carbocycles. The molecule has 4 heteroatoms. The number of pyridine rings is 1. The second-order valence-corrected chi connectivity index (χ2v) is 5.68. The third-order valence-electron chi connectivity index (χ3n) is 2.78. The van der Waals surface area contributed by atoms with Crippen LogP contribution in [0.25, 0.3) is 0 Å². The summed E-state index contributed by atoms with van der Waals surface area (Å²) in [5.74, 6) is 1.88. The Morgan fingerprint density at radius 3 is 2.60 bits per heavy atom. The fraction of sp³-hybridized carbons (Fsp3) is 0.250. The van der Waals surface area contributed by atoms with E-state index in [1.54, 1.807) is 17.8 Å². The molecule has 2 aromatic rings. The number of rotatable bonds is 5. The van der Waals surface area contributed by atoms with Crippen molar-refractivity contribution in [1.82, 2.24) is 4.98 Å². The average Bonchev–Trinajstić information content (AvgIpc) is 2.41. The minimum Gasteiger partial charge on any atom is -0.310 e. The Labute approximate surface area is 123 Å². The predicted octanol–water partition coefficient (Wildman–Crippen LogP) is 3.57. The summed E-state index contributed by atoms with van der Waals surface area (Å²) >= 11 is 1.60. The summed E-state index contributed by atoms with van der Waals surface area (Å²) in [6.07, 6.45) is 0. The van der Waals surface area contributed by atoms with Crippen LogP contribution in [0.4, 0.5) is 5.82 Å². The van der Waals surface area contributed by atoms with E-state index in [-0.39, 0.29) is 5.91 Å². The zero-order valence-electron chi connectivity index (χ0n) is 11.7. The SMILES string of the molecule is Cc1ccc(CSCC(=O)Nc2cccc(C)n2)cc1. The van der Waals surface area contributed by atoms with Gasteiger partial charge in [-0.3, -0.25) is 4.79 Å². The molecule has 0 saturated carbocycles. The lowest BCUT2D eigenvalue weighted by Crippen LogP contribution is -2.15. The van der Waals surface area contributed by atoms with Gasteiger partial charge in [0.2, 0.25) is 5.91 Å². The van der Waals surface area contributed by atoms with E-state index in [4.69, 9.17) is 0 Å². The molecule has 0 spiro atoms. The minimum absolute atomic E-state index is 0.0137. The molecule has 1 aromatic carbocycles. The predicted molar refractivity (Wildman–Crippen MR) is 84.9 cm³/mol. The first-order chi connectivity index (χ1) is 9.63. The second kappa shape index (κ2) is 7.10. The normalized spacial score (nSPS) is 10.3. The first-order valence-electron chi connectivity index (χ1n) is 6.50.